The lowest BCUT2D eigenvalue weighted by Gasteiger charge is -2.31. The Hall–Kier alpha value is -0.630. The van der Waals surface area contributed by atoms with E-state index in [1.165, 1.54) is 0 Å². The van der Waals surface area contributed by atoms with Crippen molar-refractivity contribution < 1.29 is 4.57 Å². The highest BCUT2D eigenvalue weighted by Gasteiger charge is 2.23. The molecule has 0 saturated carbocycles. The third-order valence-corrected chi connectivity index (χ3v) is 6.65. The normalized spacial score (nSPS) is 15.0. The average Bonchev–Trinajstić information content (AvgIpc) is 2.43. The highest BCUT2D eigenvalue weighted by Crippen LogP contribution is 2.42. The van der Waals surface area contributed by atoms with Crippen LogP contribution in [0, 0.1) is 0 Å². The second kappa shape index (κ2) is 7.97. The number of nitrogens with two attached hydrogens (primary N) is 1. The van der Waals surface area contributed by atoms with Crippen molar-refractivity contribution in [3.05, 3.63) is 30.3 Å². The van der Waals surface area contributed by atoms with E-state index in [9.17, 15) is 4.57 Å². The molecule has 1 atom stereocenters. The molecule has 0 aliphatic heterocycles. The van der Waals surface area contributed by atoms with Gasteiger partial charge in [-0.05, 0) is 40.7 Å². The molecule has 0 radical (unpaired) electrons. The Morgan fingerprint density at radius 2 is 1.65 bits per heavy atom. The summed E-state index contributed by atoms with van der Waals surface area (Å²) in [5.41, 5.74) is 5.80. The molecule has 1 unspecified atom stereocenters. The molecular weight excluding hydrogens is 267 g/mol. The Bertz CT molecular complexity index is 423. The maximum absolute atomic E-state index is 13.0. The lowest BCUT2D eigenvalue weighted by molar-refractivity contribution is 0.176. The molecular formula is C16H29N2OP. The lowest BCUT2D eigenvalue weighted by atomic mass is 10.2. The van der Waals surface area contributed by atoms with E-state index in [1.807, 2.05) is 30.3 Å². The fraction of sp³-hybridized carbons (Fsp3) is 0.625. The molecule has 0 fully saturated rings. The van der Waals surface area contributed by atoms with Gasteiger partial charge in [-0.2, -0.15) is 0 Å². The van der Waals surface area contributed by atoms with Crippen LogP contribution >= 0.6 is 7.14 Å². The second-order valence-corrected chi connectivity index (χ2v) is 9.02. The minimum absolute atomic E-state index is 0.264. The van der Waals surface area contributed by atoms with Gasteiger partial charge in [0.1, 0.15) is 7.14 Å². The molecule has 0 spiro atoms. The number of nitrogens with zero attached hydrogens (tertiary/aromatic N) is 1. The summed E-state index contributed by atoms with van der Waals surface area (Å²) >= 11 is 0. The van der Waals surface area contributed by atoms with Crippen molar-refractivity contribution in [2.75, 3.05) is 19.0 Å². The fourth-order valence-electron chi connectivity index (χ4n) is 2.65. The van der Waals surface area contributed by atoms with Gasteiger partial charge in [-0.3, -0.25) is 4.90 Å². The standard InChI is InChI=1S/C16H29N2OP/c1-14(2)18(15(3)4)11-8-12-20(19,13-17)16-9-6-5-7-10-16/h5-7,9-10,14-15H,8,11-13,17H2,1-4H3. The molecule has 3 nitrogen and oxygen atoms in total. The molecule has 1 aromatic carbocycles. The van der Waals surface area contributed by atoms with Crippen LogP contribution in [0.15, 0.2) is 30.3 Å². The smallest absolute Gasteiger partial charge is 0.128 e. The number of hydrogen-bond donors (Lipinski definition) is 1. The van der Waals surface area contributed by atoms with Gasteiger partial charge in [0.05, 0.1) is 6.29 Å². The SMILES string of the molecule is CC(C)N(CCCP(=O)(CN)c1ccccc1)C(C)C. The van der Waals surface area contributed by atoms with Crippen LogP contribution in [0.25, 0.3) is 0 Å². The largest absolute Gasteiger partial charge is 0.324 e. The molecule has 2 N–H and O–H groups in total. The highest BCUT2D eigenvalue weighted by molar-refractivity contribution is 7.71. The van der Waals surface area contributed by atoms with Gasteiger partial charge in [0.15, 0.2) is 0 Å². The predicted octanol–water partition coefficient (Wildman–Crippen LogP) is 3.10. The van der Waals surface area contributed by atoms with Crippen molar-refractivity contribution in [3.63, 3.8) is 0 Å². The topological polar surface area (TPSA) is 46.3 Å². The van der Waals surface area contributed by atoms with Crippen molar-refractivity contribution in [2.24, 2.45) is 5.73 Å². The summed E-state index contributed by atoms with van der Waals surface area (Å²) in [4.78, 5) is 2.44. The molecule has 0 heterocycles. The van der Waals surface area contributed by atoms with Gasteiger partial charge in [-0.15, -0.1) is 0 Å². The van der Waals surface area contributed by atoms with Crippen LogP contribution in [0.1, 0.15) is 34.1 Å². The Labute approximate surface area is 123 Å². The fourth-order valence-corrected chi connectivity index (χ4v) is 4.67. The Kier molecular flexibility index (Phi) is 6.94. The van der Waals surface area contributed by atoms with E-state index >= 15 is 0 Å². The first kappa shape index (κ1) is 17.4. The van der Waals surface area contributed by atoms with Gasteiger partial charge in [0.2, 0.25) is 0 Å². The first-order valence-electron chi connectivity index (χ1n) is 7.50. The lowest BCUT2D eigenvalue weighted by Crippen LogP contribution is -2.38. The van der Waals surface area contributed by atoms with Crippen molar-refractivity contribution in [3.8, 4) is 0 Å². The minimum atomic E-state index is -2.42. The first-order chi connectivity index (χ1) is 9.40. The third-order valence-electron chi connectivity index (χ3n) is 3.78. The zero-order valence-corrected chi connectivity index (χ0v) is 14.1. The molecule has 0 bridgehead atoms. The summed E-state index contributed by atoms with van der Waals surface area (Å²) in [6.45, 7) is 9.81. The van der Waals surface area contributed by atoms with E-state index in [2.05, 4.69) is 32.6 Å². The van der Waals surface area contributed by atoms with Crippen molar-refractivity contribution in [1.82, 2.24) is 4.90 Å². The van der Waals surface area contributed by atoms with Gasteiger partial charge in [0.25, 0.3) is 0 Å². The summed E-state index contributed by atoms with van der Waals surface area (Å²) in [6.07, 6.45) is 1.89. The predicted molar refractivity (Wildman–Crippen MR) is 89.2 cm³/mol. The van der Waals surface area contributed by atoms with E-state index in [0.717, 1.165) is 18.3 Å². The molecule has 0 amide bonds. The maximum Gasteiger partial charge on any atom is 0.128 e. The van der Waals surface area contributed by atoms with Crippen molar-refractivity contribution in [1.29, 1.82) is 0 Å². The zero-order chi connectivity index (χ0) is 15.2. The highest BCUT2D eigenvalue weighted by atomic mass is 31.2. The molecule has 1 aromatic rings. The summed E-state index contributed by atoms with van der Waals surface area (Å²) in [5.74, 6) is 0. The molecule has 1 rings (SSSR count). The van der Waals surface area contributed by atoms with E-state index in [-0.39, 0.29) is 6.29 Å². The van der Waals surface area contributed by atoms with E-state index < -0.39 is 7.14 Å². The van der Waals surface area contributed by atoms with Gasteiger partial charge in [-0.1, -0.05) is 30.3 Å². The number of hydrogen-bond acceptors (Lipinski definition) is 3. The van der Waals surface area contributed by atoms with Crippen molar-refractivity contribution in [2.45, 2.75) is 46.2 Å². The van der Waals surface area contributed by atoms with Gasteiger partial charge in [-0.25, -0.2) is 0 Å². The summed E-state index contributed by atoms with van der Waals surface area (Å²) in [5, 5.41) is 0.920. The van der Waals surface area contributed by atoms with E-state index in [1.54, 1.807) is 0 Å². The quantitative estimate of drug-likeness (QED) is 0.750. The Morgan fingerprint density at radius 3 is 2.10 bits per heavy atom. The Morgan fingerprint density at radius 1 is 1.10 bits per heavy atom. The minimum Gasteiger partial charge on any atom is -0.324 e. The van der Waals surface area contributed by atoms with Crippen LogP contribution in [0.4, 0.5) is 0 Å². The van der Waals surface area contributed by atoms with Gasteiger partial charge < -0.3 is 10.3 Å². The Balaban J connectivity index is 2.64. The van der Waals surface area contributed by atoms with Crippen LogP contribution in [-0.2, 0) is 4.57 Å². The molecule has 0 aromatic heterocycles. The first-order valence-corrected chi connectivity index (χ1v) is 9.58. The number of rotatable bonds is 8. The third kappa shape index (κ3) is 4.73. The van der Waals surface area contributed by atoms with Crippen LogP contribution in [0.2, 0.25) is 0 Å². The van der Waals surface area contributed by atoms with Crippen LogP contribution < -0.4 is 11.0 Å². The number of benzene rings is 1. The van der Waals surface area contributed by atoms with E-state index in [4.69, 9.17) is 5.73 Å². The monoisotopic (exact) mass is 296 g/mol. The molecule has 4 heteroatoms. The van der Waals surface area contributed by atoms with Gasteiger partial charge >= 0.3 is 0 Å². The van der Waals surface area contributed by atoms with Gasteiger partial charge in [0, 0.05) is 23.6 Å². The van der Waals surface area contributed by atoms with Crippen molar-refractivity contribution >= 4 is 12.4 Å². The van der Waals surface area contributed by atoms with Crippen LogP contribution in [0.5, 0.6) is 0 Å². The van der Waals surface area contributed by atoms with Crippen LogP contribution in [0.3, 0.4) is 0 Å². The zero-order valence-electron chi connectivity index (χ0n) is 13.2. The molecule has 0 aliphatic rings. The maximum atomic E-state index is 13.0. The molecule has 114 valence electrons. The molecule has 0 saturated heterocycles. The van der Waals surface area contributed by atoms with E-state index in [0.29, 0.717) is 18.2 Å². The van der Waals surface area contributed by atoms with Crippen LogP contribution in [-0.4, -0.2) is 36.0 Å². The second-order valence-electron chi connectivity index (χ2n) is 5.91. The average molecular weight is 296 g/mol. The molecule has 20 heavy (non-hydrogen) atoms. The summed E-state index contributed by atoms with van der Waals surface area (Å²) in [7, 11) is -2.42. The molecule has 0 aliphatic carbocycles. The summed E-state index contributed by atoms with van der Waals surface area (Å²) in [6, 6.07) is 10.7. The summed E-state index contributed by atoms with van der Waals surface area (Å²) < 4.78 is 13.0.